The Bertz CT molecular complexity index is 361. The highest BCUT2D eigenvalue weighted by Crippen LogP contribution is 2.15. The highest BCUT2D eigenvalue weighted by molar-refractivity contribution is 5.67. The standard InChI is InChI=1S/C14H19NO3/c16-14(15-8-6-13-7-9-17-10-13)18-11-12-4-2-1-3-5-12/h1-5,13H,6-11H2,(H,15,16). The monoisotopic (exact) mass is 249 g/mol. The van der Waals surface area contributed by atoms with E-state index in [1.807, 2.05) is 30.3 Å². The van der Waals surface area contributed by atoms with E-state index >= 15 is 0 Å². The first kappa shape index (κ1) is 12.9. The molecule has 98 valence electrons. The lowest BCUT2D eigenvalue weighted by molar-refractivity contribution is 0.138. The minimum Gasteiger partial charge on any atom is -0.445 e. The van der Waals surface area contributed by atoms with E-state index in [2.05, 4.69) is 5.32 Å². The summed E-state index contributed by atoms with van der Waals surface area (Å²) in [4.78, 5) is 11.4. The molecule has 1 saturated heterocycles. The lowest BCUT2D eigenvalue weighted by Gasteiger charge is -2.09. The quantitative estimate of drug-likeness (QED) is 0.871. The number of carbonyl (C=O) groups is 1. The smallest absolute Gasteiger partial charge is 0.407 e. The molecule has 1 N–H and O–H groups in total. The lowest BCUT2D eigenvalue weighted by atomic mass is 10.1. The van der Waals surface area contributed by atoms with Gasteiger partial charge < -0.3 is 14.8 Å². The Hall–Kier alpha value is -1.55. The molecule has 1 aromatic carbocycles. The van der Waals surface area contributed by atoms with E-state index in [0.717, 1.165) is 31.6 Å². The van der Waals surface area contributed by atoms with Crippen LogP contribution in [0.25, 0.3) is 0 Å². The highest BCUT2D eigenvalue weighted by Gasteiger charge is 2.15. The molecule has 2 rings (SSSR count). The summed E-state index contributed by atoms with van der Waals surface area (Å²) in [6, 6.07) is 9.66. The number of amides is 1. The van der Waals surface area contributed by atoms with Gasteiger partial charge in [-0.1, -0.05) is 30.3 Å². The van der Waals surface area contributed by atoms with Crippen molar-refractivity contribution in [2.75, 3.05) is 19.8 Å². The van der Waals surface area contributed by atoms with Gasteiger partial charge in [-0.2, -0.15) is 0 Å². The van der Waals surface area contributed by atoms with E-state index in [1.54, 1.807) is 0 Å². The third kappa shape index (κ3) is 4.37. The third-order valence-electron chi connectivity index (χ3n) is 3.06. The van der Waals surface area contributed by atoms with Crippen molar-refractivity contribution in [1.82, 2.24) is 5.32 Å². The summed E-state index contributed by atoms with van der Waals surface area (Å²) in [6.07, 6.45) is 1.71. The van der Waals surface area contributed by atoms with Gasteiger partial charge in [-0.25, -0.2) is 4.79 Å². The van der Waals surface area contributed by atoms with Crippen molar-refractivity contribution in [2.24, 2.45) is 5.92 Å². The Balaban J connectivity index is 1.57. The van der Waals surface area contributed by atoms with Crippen molar-refractivity contribution in [3.63, 3.8) is 0 Å². The van der Waals surface area contributed by atoms with Crippen LogP contribution in [0.15, 0.2) is 30.3 Å². The second-order valence-corrected chi connectivity index (χ2v) is 4.51. The highest BCUT2D eigenvalue weighted by atomic mass is 16.5. The molecule has 0 saturated carbocycles. The molecule has 0 bridgehead atoms. The molecular weight excluding hydrogens is 230 g/mol. The fraction of sp³-hybridized carbons (Fsp3) is 0.500. The molecule has 0 aromatic heterocycles. The molecular formula is C14H19NO3. The van der Waals surface area contributed by atoms with Crippen molar-refractivity contribution < 1.29 is 14.3 Å². The van der Waals surface area contributed by atoms with Gasteiger partial charge in [-0.3, -0.25) is 0 Å². The van der Waals surface area contributed by atoms with Gasteiger partial charge in [0.15, 0.2) is 0 Å². The summed E-state index contributed by atoms with van der Waals surface area (Å²) in [7, 11) is 0. The van der Waals surface area contributed by atoms with Gasteiger partial charge in [-0.05, 0) is 24.3 Å². The Labute approximate surface area is 107 Å². The molecule has 1 aromatic rings. The van der Waals surface area contributed by atoms with Crippen LogP contribution in [0.1, 0.15) is 18.4 Å². The van der Waals surface area contributed by atoms with E-state index < -0.39 is 0 Å². The number of benzene rings is 1. The maximum Gasteiger partial charge on any atom is 0.407 e. The van der Waals surface area contributed by atoms with Crippen LogP contribution >= 0.6 is 0 Å². The normalized spacial score (nSPS) is 18.6. The maximum absolute atomic E-state index is 11.4. The van der Waals surface area contributed by atoms with Gasteiger partial charge >= 0.3 is 6.09 Å². The SMILES string of the molecule is O=C(NCCC1CCOC1)OCc1ccccc1. The van der Waals surface area contributed by atoms with E-state index in [9.17, 15) is 4.79 Å². The first-order valence-corrected chi connectivity index (χ1v) is 6.37. The molecule has 1 aliphatic rings. The van der Waals surface area contributed by atoms with E-state index in [1.165, 1.54) is 0 Å². The van der Waals surface area contributed by atoms with Crippen LogP contribution in [0.4, 0.5) is 4.79 Å². The number of nitrogens with one attached hydrogen (secondary N) is 1. The van der Waals surface area contributed by atoms with E-state index in [-0.39, 0.29) is 6.09 Å². The number of rotatable bonds is 5. The number of hydrogen-bond donors (Lipinski definition) is 1. The molecule has 0 radical (unpaired) electrons. The third-order valence-corrected chi connectivity index (χ3v) is 3.06. The van der Waals surface area contributed by atoms with Crippen molar-refractivity contribution in [3.8, 4) is 0 Å². The molecule has 1 atom stereocenters. The van der Waals surface area contributed by atoms with E-state index in [4.69, 9.17) is 9.47 Å². The molecule has 0 spiro atoms. The van der Waals surface area contributed by atoms with Crippen LogP contribution < -0.4 is 5.32 Å². The Kier molecular flexibility index (Phi) is 5.02. The van der Waals surface area contributed by atoms with Crippen molar-refractivity contribution in [1.29, 1.82) is 0 Å². The van der Waals surface area contributed by atoms with Gasteiger partial charge in [0.1, 0.15) is 6.61 Å². The molecule has 4 heteroatoms. The van der Waals surface area contributed by atoms with Crippen molar-refractivity contribution in [3.05, 3.63) is 35.9 Å². The summed E-state index contributed by atoms with van der Waals surface area (Å²) in [5, 5.41) is 2.76. The van der Waals surface area contributed by atoms with E-state index in [0.29, 0.717) is 19.1 Å². The fourth-order valence-electron chi connectivity index (χ4n) is 1.96. The Morgan fingerprint density at radius 1 is 1.39 bits per heavy atom. The molecule has 1 fully saturated rings. The fourth-order valence-corrected chi connectivity index (χ4v) is 1.96. The minimum atomic E-state index is -0.349. The summed E-state index contributed by atoms with van der Waals surface area (Å²) in [5.41, 5.74) is 0.997. The predicted molar refractivity (Wildman–Crippen MR) is 68.2 cm³/mol. The Morgan fingerprint density at radius 3 is 2.94 bits per heavy atom. The number of ether oxygens (including phenoxy) is 2. The molecule has 4 nitrogen and oxygen atoms in total. The van der Waals surface area contributed by atoms with Crippen LogP contribution in [0.5, 0.6) is 0 Å². The van der Waals surface area contributed by atoms with Gasteiger partial charge in [0.2, 0.25) is 0 Å². The zero-order valence-corrected chi connectivity index (χ0v) is 10.4. The first-order valence-electron chi connectivity index (χ1n) is 6.37. The molecule has 1 aliphatic heterocycles. The molecule has 0 aliphatic carbocycles. The number of hydrogen-bond acceptors (Lipinski definition) is 3. The summed E-state index contributed by atoms with van der Waals surface area (Å²) >= 11 is 0. The average Bonchev–Trinajstić information content (AvgIpc) is 2.91. The summed E-state index contributed by atoms with van der Waals surface area (Å²) in [5.74, 6) is 0.583. The van der Waals surface area contributed by atoms with Crippen molar-refractivity contribution in [2.45, 2.75) is 19.4 Å². The molecule has 1 amide bonds. The largest absolute Gasteiger partial charge is 0.445 e. The Morgan fingerprint density at radius 2 is 2.22 bits per heavy atom. The predicted octanol–water partition coefficient (Wildman–Crippen LogP) is 2.34. The van der Waals surface area contributed by atoms with Crippen LogP contribution in [-0.2, 0) is 16.1 Å². The minimum absolute atomic E-state index is 0.319. The van der Waals surface area contributed by atoms with Crippen LogP contribution in [0.3, 0.4) is 0 Å². The van der Waals surface area contributed by atoms with Gasteiger partial charge in [0, 0.05) is 19.8 Å². The van der Waals surface area contributed by atoms with Crippen molar-refractivity contribution >= 4 is 6.09 Å². The van der Waals surface area contributed by atoms with Crippen LogP contribution in [0.2, 0.25) is 0 Å². The zero-order chi connectivity index (χ0) is 12.6. The van der Waals surface area contributed by atoms with Gasteiger partial charge in [0.25, 0.3) is 0 Å². The second-order valence-electron chi connectivity index (χ2n) is 4.51. The molecule has 1 heterocycles. The van der Waals surface area contributed by atoms with Crippen LogP contribution in [0, 0.1) is 5.92 Å². The summed E-state index contributed by atoms with van der Waals surface area (Å²) in [6.45, 7) is 2.64. The molecule has 1 unspecified atom stereocenters. The lowest BCUT2D eigenvalue weighted by Crippen LogP contribution is -2.26. The maximum atomic E-state index is 11.4. The van der Waals surface area contributed by atoms with Gasteiger partial charge in [0.05, 0.1) is 0 Å². The number of alkyl carbamates (subject to hydrolysis) is 1. The number of carbonyl (C=O) groups excluding carboxylic acids is 1. The van der Waals surface area contributed by atoms with Gasteiger partial charge in [-0.15, -0.1) is 0 Å². The average molecular weight is 249 g/mol. The zero-order valence-electron chi connectivity index (χ0n) is 10.4. The summed E-state index contributed by atoms with van der Waals surface area (Å²) < 4.78 is 10.4. The molecule has 18 heavy (non-hydrogen) atoms. The topological polar surface area (TPSA) is 47.6 Å². The van der Waals surface area contributed by atoms with Crippen LogP contribution in [-0.4, -0.2) is 25.9 Å². The first-order chi connectivity index (χ1) is 8.84. The second kappa shape index (κ2) is 7.01.